The molecule has 1 aromatic carbocycles. The average Bonchev–Trinajstić information content (AvgIpc) is 3.08. The quantitative estimate of drug-likeness (QED) is 0.694. The van der Waals surface area contributed by atoms with Gasteiger partial charge >= 0.3 is 0 Å². The molecule has 1 amide bonds. The summed E-state index contributed by atoms with van der Waals surface area (Å²) in [5.41, 5.74) is 1.48. The van der Waals surface area contributed by atoms with Gasteiger partial charge in [0.05, 0.1) is 24.5 Å². The van der Waals surface area contributed by atoms with E-state index < -0.39 is 23.5 Å². The lowest BCUT2D eigenvalue weighted by Crippen LogP contribution is -2.43. The van der Waals surface area contributed by atoms with Gasteiger partial charge in [-0.15, -0.1) is 0 Å². The van der Waals surface area contributed by atoms with Crippen LogP contribution in [0.2, 0.25) is 0 Å². The molecule has 160 valence electrons. The van der Waals surface area contributed by atoms with Crippen LogP contribution < -0.4 is 0 Å². The minimum atomic E-state index is -0.720. The Labute approximate surface area is 181 Å². The Morgan fingerprint density at radius 3 is 2.55 bits per heavy atom. The van der Waals surface area contributed by atoms with E-state index in [1.807, 2.05) is 36.4 Å². The van der Waals surface area contributed by atoms with Crippen LogP contribution in [0.15, 0.2) is 72.1 Å². The zero-order valence-corrected chi connectivity index (χ0v) is 17.2. The summed E-state index contributed by atoms with van der Waals surface area (Å²) >= 11 is 0. The molecule has 2 aliphatic rings. The van der Waals surface area contributed by atoms with E-state index in [2.05, 4.69) is 9.88 Å². The number of pyridine rings is 1. The molecule has 1 saturated heterocycles. The minimum absolute atomic E-state index is 0.0675. The number of ketones is 1. The predicted octanol–water partition coefficient (Wildman–Crippen LogP) is 2.39. The van der Waals surface area contributed by atoms with E-state index in [0.717, 1.165) is 18.7 Å². The lowest BCUT2D eigenvalue weighted by atomic mass is 9.99. The monoisotopic (exact) mass is 419 g/mol. The Balaban J connectivity index is 1.59. The summed E-state index contributed by atoms with van der Waals surface area (Å²) in [5.74, 6) is -1.44. The van der Waals surface area contributed by atoms with Gasteiger partial charge in [-0.3, -0.25) is 19.5 Å². The van der Waals surface area contributed by atoms with Gasteiger partial charge in [-0.1, -0.05) is 42.5 Å². The van der Waals surface area contributed by atoms with Crippen molar-refractivity contribution in [3.05, 3.63) is 83.4 Å². The molecule has 3 heterocycles. The van der Waals surface area contributed by atoms with Crippen molar-refractivity contribution in [3.63, 3.8) is 0 Å². The fourth-order valence-electron chi connectivity index (χ4n) is 3.88. The molecular formula is C24H25N3O4. The van der Waals surface area contributed by atoms with Crippen molar-refractivity contribution >= 4 is 17.8 Å². The van der Waals surface area contributed by atoms with Crippen molar-refractivity contribution in [2.24, 2.45) is 0 Å². The molecule has 31 heavy (non-hydrogen) atoms. The van der Waals surface area contributed by atoms with Crippen LogP contribution in [0.5, 0.6) is 0 Å². The molecule has 4 rings (SSSR count). The lowest BCUT2D eigenvalue weighted by molar-refractivity contribution is -0.129. The van der Waals surface area contributed by atoms with Crippen LogP contribution in [0.4, 0.5) is 0 Å². The average molecular weight is 419 g/mol. The summed E-state index contributed by atoms with van der Waals surface area (Å²) in [7, 11) is 0. The molecule has 0 saturated carbocycles. The summed E-state index contributed by atoms with van der Waals surface area (Å²) in [4.78, 5) is 34.1. The minimum Gasteiger partial charge on any atom is -0.503 e. The molecule has 1 N–H and O–H groups in total. The summed E-state index contributed by atoms with van der Waals surface area (Å²) in [6.07, 6.45) is 4.70. The number of rotatable bonds is 7. The summed E-state index contributed by atoms with van der Waals surface area (Å²) in [6, 6.07) is 14.0. The van der Waals surface area contributed by atoms with E-state index in [1.165, 1.54) is 11.0 Å². The number of allylic oxidation sites excluding steroid dienone is 1. The number of nitrogens with zero attached hydrogens (tertiary/aromatic N) is 3. The predicted molar refractivity (Wildman–Crippen MR) is 116 cm³/mol. The van der Waals surface area contributed by atoms with Crippen LogP contribution in [0, 0.1) is 0 Å². The zero-order valence-electron chi connectivity index (χ0n) is 17.2. The van der Waals surface area contributed by atoms with Crippen molar-refractivity contribution in [2.75, 3.05) is 39.4 Å². The van der Waals surface area contributed by atoms with Crippen LogP contribution in [-0.4, -0.2) is 71.0 Å². The Kier molecular flexibility index (Phi) is 6.54. The van der Waals surface area contributed by atoms with Crippen LogP contribution in [-0.2, 0) is 14.3 Å². The summed E-state index contributed by atoms with van der Waals surface area (Å²) in [6.45, 7) is 3.92. The van der Waals surface area contributed by atoms with E-state index in [1.54, 1.807) is 24.4 Å². The molecule has 1 unspecified atom stereocenters. The number of morpholine rings is 1. The number of carbonyl (C=O) groups excluding carboxylic acids is 2. The number of aliphatic hydroxyl groups is 1. The van der Waals surface area contributed by atoms with E-state index in [0.29, 0.717) is 32.0 Å². The number of aromatic nitrogens is 1. The Bertz CT molecular complexity index is 982. The maximum Gasteiger partial charge on any atom is 0.290 e. The highest BCUT2D eigenvalue weighted by molar-refractivity contribution is 6.14. The number of carbonyl (C=O) groups is 2. The van der Waals surface area contributed by atoms with E-state index in [4.69, 9.17) is 4.74 Å². The van der Waals surface area contributed by atoms with Gasteiger partial charge in [0.15, 0.2) is 11.5 Å². The van der Waals surface area contributed by atoms with Gasteiger partial charge in [-0.2, -0.15) is 0 Å². The second-order valence-electron chi connectivity index (χ2n) is 7.48. The summed E-state index contributed by atoms with van der Waals surface area (Å²) in [5, 5.41) is 10.6. The third-order valence-corrected chi connectivity index (χ3v) is 5.52. The van der Waals surface area contributed by atoms with E-state index in [9.17, 15) is 14.7 Å². The molecule has 2 aromatic rings. The third kappa shape index (κ3) is 4.73. The number of hydrogen-bond acceptors (Lipinski definition) is 6. The summed E-state index contributed by atoms with van der Waals surface area (Å²) < 4.78 is 5.38. The van der Waals surface area contributed by atoms with Crippen molar-refractivity contribution in [3.8, 4) is 0 Å². The maximum absolute atomic E-state index is 13.1. The molecular weight excluding hydrogens is 394 g/mol. The highest BCUT2D eigenvalue weighted by Crippen LogP contribution is 2.36. The van der Waals surface area contributed by atoms with Crippen molar-refractivity contribution in [1.29, 1.82) is 0 Å². The molecule has 0 bridgehead atoms. The van der Waals surface area contributed by atoms with Gasteiger partial charge < -0.3 is 14.7 Å². The largest absolute Gasteiger partial charge is 0.503 e. The number of aliphatic hydroxyl groups excluding tert-OH is 1. The van der Waals surface area contributed by atoms with E-state index in [-0.39, 0.29) is 5.57 Å². The van der Waals surface area contributed by atoms with Crippen molar-refractivity contribution < 1.29 is 19.4 Å². The molecule has 2 aliphatic heterocycles. The number of benzene rings is 1. The van der Waals surface area contributed by atoms with Crippen molar-refractivity contribution in [1.82, 2.24) is 14.8 Å². The smallest absolute Gasteiger partial charge is 0.290 e. The Morgan fingerprint density at radius 2 is 1.84 bits per heavy atom. The Hall–Kier alpha value is -3.29. The zero-order chi connectivity index (χ0) is 21.6. The third-order valence-electron chi connectivity index (χ3n) is 5.52. The molecule has 1 fully saturated rings. The fourth-order valence-corrected chi connectivity index (χ4v) is 3.88. The van der Waals surface area contributed by atoms with Crippen molar-refractivity contribution in [2.45, 2.75) is 6.04 Å². The second kappa shape index (κ2) is 9.68. The van der Waals surface area contributed by atoms with Gasteiger partial charge in [0, 0.05) is 32.4 Å². The first-order valence-electron chi connectivity index (χ1n) is 10.4. The van der Waals surface area contributed by atoms with E-state index >= 15 is 0 Å². The Morgan fingerprint density at radius 1 is 1.10 bits per heavy atom. The molecule has 1 aromatic heterocycles. The molecule has 1 atom stereocenters. The lowest BCUT2D eigenvalue weighted by Gasteiger charge is -2.31. The molecule has 0 spiro atoms. The van der Waals surface area contributed by atoms with Gasteiger partial charge in [0.1, 0.15) is 6.04 Å². The number of amides is 1. The highest BCUT2D eigenvalue weighted by Gasteiger charge is 2.43. The maximum atomic E-state index is 13.1. The SMILES string of the molecule is O=C(/C=C/c1ccccc1)C1=C(O)C(=O)N(CCN2CCOCC2)C1c1ccccn1. The molecule has 0 aliphatic carbocycles. The van der Waals surface area contributed by atoms with Crippen LogP contribution >= 0.6 is 0 Å². The van der Waals surface area contributed by atoms with Crippen LogP contribution in [0.25, 0.3) is 6.08 Å². The first-order chi connectivity index (χ1) is 15.1. The van der Waals surface area contributed by atoms with Gasteiger partial charge in [0.2, 0.25) is 0 Å². The standard InChI is InChI=1S/C24H25N3O4/c28-20(10-9-18-6-2-1-3-7-18)21-22(19-8-4-5-11-25-19)27(24(30)23(21)29)13-12-26-14-16-31-17-15-26/h1-11,22,29H,12-17H2/b10-9+. The molecule has 0 radical (unpaired) electrons. The fraction of sp³-hybridized carbons (Fsp3) is 0.292. The first kappa shape index (κ1) is 21.0. The first-order valence-corrected chi connectivity index (χ1v) is 10.4. The molecule has 7 heteroatoms. The second-order valence-corrected chi connectivity index (χ2v) is 7.48. The van der Waals surface area contributed by atoms with Gasteiger partial charge in [-0.05, 0) is 23.8 Å². The van der Waals surface area contributed by atoms with Crippen LogP contribution in [0.3, 0.4) is 0 Å². The number of hydrogen-bond donors (Lipinski definition) is 1. The molecule has 7 nitrogen and oxygen atoms in total. The van der Waals surface area contributed by atoms with Gasteiger partial charge in [0.25, 0.3) is 5.91 Å². The highest BCUT2D eigenvalue weighted by atomic mass is 16.5. The van der Waals surface area contributed by atoms with Crippen LogP contribution in [0.1, 0.15) is 17.3 Å². The van der Waals surface area contributed by atoms with Gasteiger partial charge in [-0.25, -0.2) is 0 Å². The normalized spacial score (nSPS) is 20.1. The number of ether oxygens (including phenoxy) is 1. The topological polar surface area (TPSA) is 83.0 Å².